The van der Waals surface area contributed by atoms with Crippen LogP contribution < -0.4 is 18.1 Å². The highest BCUT2D eigenvalue weighted by molar-refractivity contribution is 7.96. The third-order valence-electron chi connectivity index (χ3n) is 2.69. The van der Waals surface area contributed by atoms with Gasteiger partial charge >= 0.3 is 5.97 Å². The van der Waals surface area contributed by atoms with Crippen LogP contribution >= 0.6 is 25.9 Å². The van der Waals surface area contributed by atoms with Crippen molar-refractivity contribution in [1.29, 1.82) is 0 Å². The monoisotopic (exact) mass is 431 g/mol. The molecular weight excluding hydrogens is 401 g/mol. The van der Waals surface area contributed by atoms with Crippen molar-refractivity contribution in [3.8, 4) is 0 Å². The maximum atomic E-state index is 10.6. The summed E-state index contributed by atoms with van der Waals surface area (Å²) in [6, 6.07) is -0.822. The number of halogens is 2. The number of carboxylic acids is 1. The number of aliphatic carboxylic acids is 1. The first-order chi connectivity index (χ1) is 9.97. The van der Waals surface area contributed by atoms with Gasteiger partial charge in [0.05, 0.1) is 39.3 Å². The molecule has 0 saturated carbocycles. The predicted octanol–water partition coefficient (Wildman–Crippen LogP) is -3.38. The van der Waals surface area contributed by atoms with Gasteiger partial charge in [0.25, 0.3) is 0 Å². The Bertz CT molecular complexity index is 283. The number of carboxylic acid groups (broad SMARTS) is 1. The highest BCUT2D eigenvalue weighted by Crippen LogP contribution is 2.01. The van der Waals surface area contributed by atoms with Gasteiger partial charge in [-0.1, -0.05) is 0 Å². The summed E-state index contributed by atoms with van der Waals surface area (Å²) in [5.41, 5.74) is 5.44. The summed E-state index contributed by atoms with van der Waals surface area (Å²) in [6.07, 6.45) is 1.87. The molecule has 0 fully saturated rings. The van der Waals surface area contributed by atoms with E-state index in [1.807, 2.05) is 6.26 Å². The van der Waals surface area contributed by atoms with Crippen LogP contribution in [0.3, 0.4) is 0 Å². The molecule has 0 rings (SSSR count). The quantitative estimate of drug-likeness (QED) is 0.194. The minimum atomic E-state index is -0.982. The van der Waals surface area contributed by atoms with Crippen molar-refractivity contribution in [2.45, 2.75) is 18.6 Å². The minimum absolute atomic E-state index is 0. The third-order valence-corrected chi connectivity index (χ3v) is 4.57. The van der Waals surface area contributed by atoms with Gasteiger partial charge < -0.3 is 42.6 Å². The molecule has 11 heteroatoms. The Labute approximate surface area is 166 Å². The number of methoxy groups -OCH3 is 1. The lowest BCUT2D eigenvalue weighted by molar-refractivity contribution is -0.138. The van der Waals surface area contributed by atoms with Crippen LogP contribution in [-0.2, 0) is 29.9 Å². The average molecular weight is 432 g/mol. The number of ether oxygens (including phenoxy) is 3. The van der Waals surface area contributed by atoms with E-state index in [9.17, 15) is 9.90 Å². The molecule has 0 aromatic carbocycles. The largest absolute Gasteiger partial charge is 1.00 e. The summed E-state index contributed by atoms with van der Waals surface area (Å²) >= 11 is 0. The maximum Gasteiger partial charge on any atom is 0.320 e. The van der Waals surface area contributed by atoms with E-state index < -0.39 is 18.1 Å². The molecule has 0 amide bonds. The van der Waals surface area contributed by atoms with Crippen LogP contribution in [0, 0.1) is 0 Å². The molecule has 0 saturated heterocycles. The average Bonchev–Trinajstić information content (AvgIpc) is 2.43. The summed E-state index contributed by atoms with van der Waals surface area (Å²) in [4.78, 5) is 10.6. The Morgan fingerprint density at radius 1 is 1.21 bits per heavy atom. The van der Waals surface area contributed by atoms with Gasteiger partial charge in [0, 0.05) is 13.5 Å². The Hall–Kier alpha value is 0.550. The molecule has 4 N–H and O–H groups in total. The van der Waals surface area contributed by atoms with Crippen LogP contribution in [0.15, 0.2) is 0 Å². The molecule has 0 aliphatic carbocycles. The highest BCUT2D eigenvalue weighted by Gasteiger charge is 2.21. The number of rotatable bonds is 14. The van der Waals surface area contributed by atoms with Crippen LogP contribution in [0.2, 0.25) is 0 Å². The summed E-state index contributed by atoms with van der Waals surface area (Å²) in [7, 11) is 1.54. The zero-order chi connectivity index (χ0) is 16.1. The Balaban J connectivity index is -0.000000667. The molecule has 0 radical (unpaired) electrons. The summed E-state index contributed by atoms with van der Waals surface area (Å²) in [5, 5.41) is 18.5. The van der Waals surface area contributed by atoms with Gasteiger partial charge in [-0.25, -0.2) is 0 Å². The van der Waals surface area contributed by atoms with Gasteiger partial charge in [-0.15, -0.1) is 12.4 Å². The number of carbonyl (C=O) groups is 1. The van der Waals surface area contributed by atoms with Gasteiger partial charge in [0.15, 0.2) is 0 Å². The first-order valence-corrected chi connectivity index (χ1v) is 8.84. The first-order valence-electron chi connectivity index (χ1n) is 6.87. The molecule has 0 aliphatic rings. The Morgan fingerprint density at radius 3 is 2.29 bits per heavy atom. The van der Waals surface area contributed by atoms with Gasteiger partial charge in [-0.2, -0.15) is 13.5 Å². The highest BCUT2D eigenvalue weighted by atomic mass is 35.5. The van der Waals surface area contributed by atoms with Crippen LogP contribution in [0.5, 0.6) is 0 Å². The van der Waals surface area contributed by atoms with E-state index in [2.05, 4.69) is 0 Å². The van der Waals surface area contributed by atoms with Crippen molar-refractivity contribution in [2.75, 3.05) is 57.9 Å². The van der Waals surface area contributed by atoms with Crippen LogP contribution in [-0.4, -0.2) is 86.2 Å². The van der Waals surface area contributed by atoms with E-state index in [4.69, 9.17) is 25.1 Å². The lowest BCUT2D eigenvalue weighted by Crippen LogP contribution is -3.00. The molecule has 0 aromatic rings. The van der Waals surface area contributed by atoms with Crippen molar-refractivity contribution >= 4 is 42.8 Å². The number of nitrogens with two attached hydrogens (primary N) is 1. The van der Waals surface area contributed by atoms with Crippen molar-refractivity contribution in [2.24, 2.45) is 5.73 Å². The summed E-state index contributed by atoms with van der Waals surface area (Å²) < 4.78 is 15.4. The SMILES string of the molecule is COCCOCCOCC(O)C[S+](C)CC[C@H](N)C(=O)O.Cl.S.[Cl-]. The fraction of sp³-hybridized carbons (Fsp3) is 0.923. The molecule has 0 bridgehead atoms. The van der Waals surface area contributed by atoms with Crippen LogP contribution in [0.4, 0.5) is 0 Å². The minimum Gasteiger partial charge on any atom is -1.00 e. The fourth-order valence-corrected chi connectivity index (χ4v) is 3.07. The third kappa shape index (κ3) is 20.6. The molecule has 0 heterocycles. The predicted molar refractivity (Wildman–Crippen MR) is 100 cm³/mol. The summed E-state index contributed by atoms with van der Waals surface area (Å²) in [5.74, 6) is 0.311. The normalized spacial score (nSPS) is 13.7. The molecule has 24 heavy (non-hydrogen) atoms. The second kappa shape index (κ2) is 21.6. The molecule has 2 unspecified atom stereocenters. The van der Waals surface area contributed by atoms with Crippen molar-refractivity contribution in [1.82, 2.24) is 0 Å². The van der Waals surface area contributed by atoms with E-state index >= 15 is 0 Å². The zero-order valence-corrected chi connectivity index (χ0v) is 17.5. The number of aliphatic hydroxyl groups excluding tert-OH is 1. The van der Waals surface area contributed by atoms with E-state index in [1.165, 1.54) is 0 Å². The van der Waals surface area contributed by atoms with Gasteiger partial charge in [-0.3, -0.25) is 4.79 Å². The smallest absolute Gasteiger partial charge is 0.320 e. The molecule has 3 atom stereocenters. The maximum absolute atomic E-state index is 10.6. The molecule has 0 aromatic heterocycles. The van der Waals surface area contributed by atoms with E-state index in [0.717, 1.165) is 0 Å². The second-order valence-electron chi connectivity index (χ2n) is 4.72. The summed E-state index contributed by atoms with van der Waals surface area (Å²) in [6.45, 7) is 2.25. The fourth-order valence-electron chi connectivity index (χ4n) is 1.49. The van der Waals surface area contributed by atoms with Gasteiger partial charge in [0.2, 0.25) is 0 Å². The first kappa shape index (κ1) is 32.2. The topological polar surface area (TPSA) is 111 Å². The zero-order valence-electron chi connectivity index (χ0n) is 14.1. The molecule has 0 aliphatic heterocycles. The molecule has 150 valence electrons. The van der Waals surface area contributed by atoms with Gasteiger partial charge in [-0.05, 0) is 10.9 Å². The Morgan fingerprint density at radius 2 is 1.75 bits per heavy atom. The van der Waals surface area contributed by atoms with Crippen molar-refractivity contribution in [3.05, 3.63) is 0 Å². The molecule has 7 nitrogen and oxygen atoms in total. The van der Waals surface area contributed by atoms with Crippen LogP contribution in [0.25, 0.3) is 0 Å². The van der Waals surface area contributed by atoms with Crippen molar-refractivity contribution < 1.29 is 41.6 Å². The number of aliphatic hydroxyl groups is 1. The lowest BCUT2D eigenvalue weighted by atomic mass is 10.2. The molecular formula is C13H31Cl2NO6S2. The number of hydrogen-bond donors (Lipinski definition) is 3. The van der Waals surface area contributed by atoms with Crippen molar-refractivity contribution in [3.63, 3.8) is 0 Å². The van der Waals surface area contributed by atoms with E-state index in [-0.39, 0.29) is 55.8 Å². The standard InChI is InChI=1S/C13H27NO6S.2ClH.H2S/c1-18-4-5-19-6-7-20-9-11(15)10-21(2)8-3-12(14)13(16)17;;;/h11-12,15H,3-10,14H2,1-2H3;2*1H;1H2/t11?,12-,21?;;;/m0.../s1. The number of hydrogen-bond acceptors (Lipinski definition) is 6. The van der Waals surface area contributed by atoms with Gasteiger partial charge in [0.1, 0.15) is 23.7 Å². The van der Waals surface area contributed by atoms with E-state index in [1.54, 1.807) is 7.11 Å². The van der Waals surface area contributed by atoms with Crippen LogP contribution in [0.1, 0.15) is 6.42 Å². The lowest BCUT2D eigenvalue weighted by Gasteiger charge is -2.12. The van der Waals surface area contributed by atoms with E-state index in [0.29, 0.717) is 44.4 Å². The second-order valence-corrected chi connectivity index (χ2v) is 7.02. The Kier molecular flexibility index (Phi) is 29.0. The molecule has 0 spiro atoms.